The summed E-state index contributed by atoms with van der Waals surface area (Å²) in [4.78, 5) is 24.5. The van der Waals surface area contributed by atoms with Crippen LogP contribution in [0.25, 0.3) is 0 Å². The van der Waals surface area contributed by atoms with Gasteiger partial charge < -0.3 is 42.7 Å². The second-order valence-corrected chi connectivity index (χ2v) is 10.1. The summed E-state index contributed by atoms with van der Waals surface area (Å²) >= 11 is 0. The molecule has 0 aromatic heterocycles. The molecular weight excluding hydrogens is 522 g/mol. The van der Waals surface area contributed by atoms with E-state index in [1.165, 1.54) is 0 Å². The Morgan fingerprint density at radius 3 is 1.03 bits per heavy atom. The van der Waals surface area contributed by atoms with Gasteiger partial charge in [0.05, 0.1) is 19.8 Å². The second-order valence-electron chi connectivity index (χ2n) is 8.56. The Morgan fingerprint density at radius 1 is 0.684 bits per heavy atom. The molecule has 12 N–H and O–H groups in total. The van der Waals surface area contributed by atoms with Crippen molar-refractivity contribution in [3.05, 3.63) is 0 Å². The highest BCUT2D eigenvalue weighted by Gasteiger charge is 2.62. The van der Waals surface area contributed by atoms with Crippen LogP contribution >= 0.6 is 0 Å². The zero-order valence-corrected chi connectivity index (χ0v) is 24.4. The van der Waals surface area contributed by atoms with Crippen LogP contribution in [0.15, 0.2) is 0 Å². The Kier molecular flexibility index (Phi) is 31.2. The maximum absolute atomic E-state index is 12.6. The largest absolute Gasteiger partial charge is 0.481 e. The standard InChI is InChI=1S/C18H34O7S.3C2H7NO/c1-5-9-13(10-6-2)18(17(21)22,14(11-7-3)12-8-4)15(16(19)20)26(23,24)25;3*3-1-2-4/h13-15H,5-12H2,1-4H3,(H,19,20)(H,21,22)(H,23,24,25);3*4H,1-3H2. The van der Waals surface area contributed by atoms with Crippen LogP contribution in [0, 0.1) is 17.3 Å². The Balaban J connectivity index is -0.000000399. The van der Waals surface area contributed by atoms with Crippen LogP contribution < -0.4 is 17.2 Å². The van der Waals surface area contributed by atoms with Gasteiger partial charge in [-0.15, -0.1) is 0 Å². The Bertz CT molecular complexity index is 622. The molecule has 232 valence electrons. The van der Waals surface area contributed by atoms with Gasteiger partial charge in [0.1, 0.15) is 5.41 Å². The summed E-state index contributed by atoms with van der Waals surface area (Å²) in [7, 11) is -5.11. The zero-order chi connectivity index (χ0) is 30.8. The molecule has 0 fully saturated rings. The quantitative estimate of drug-likeness (QED) is 0.108. The fraction of sp³-hybridized carbons (Fsp3) is 0.917. The summed E-state index contributed by atoms with van der Waals surface area (Å²) in [5, 5.41) is 40.8. The first-order valence-corrected chi connectivity index (χ1v) is 14.6. The van der Waals surface area contributed by atoms with E-state index >= 15 is 0 Å². The number of nitrogens with two attached hydrogens (primary N) is 3. The molecule has 0 bridgehead atoms. The number of aliphatic hydroxyl groups excluding tert-OH is 3. The molecule has 0 radical (unpaired) electrons. The lowest BCUT2D eigenvalue weighted by atomic mass is 9.59. The third-order valence-electron chi connectivity index (χ3n) is 5.61. The van der Waals surface area contributed by atoms with Crippen molar-refractivity contribution >= 4 is 22.1 Å². The van der Waals surface area contributed by atoms with Crippen LogP contribution in [0.4, 0.5) is 0 Å². The zero-order valence-electron chi connectivity index (χ0n) is 23.6. The number of hydrogen-bond acceptors (Lipinski definition) is 10. The van der Waals surface area contributed by atoms with Crippen LogP contribution in [0.2, 0.25) is 0 Å². The minimum absolute atomic E-state index is 0.0972. The molecule has 1 unspecified atom stereocenters. The molecule has 38 heavy (non-hydrogen) atoms. The minimum Gasteiger partial charge on any atom is -0.481 e. The van der Waals surface area contributed by atoms with Crippen LogP contribution in [-0.4, -0.2) is 95.1 Å². The van der Waals surface area contributed by atoms with Gasteiger partial charge >= 0.3 is 11.9 Å². The fourth-order valence-corrected chi connectivity index (χ4v) is 5.67. The first-order chi connectivity index (χ1) is 17.8. The lowest BCUT2D eigenvalue weighted by molar-refractivity contribution is -0.165. The normalized spacial score (nSPS) is 11.9. The van der Waals surface area contributed by atoms with Gasteiger partial charge in [-0.3, -0.25) is 14.1 Å². The number of aliphatic hydroxyl groups is 3. The molecule has 0 aromatic rings. The van der Waals surface area contributed by atoms with Crippen molar-refractivity contribution in [2.75, 3.05) is 39.5 Å². The molecule has 0 rings (SSSR count). The van der Waals surface area contributed by atoms with E-state index in [0.29, 0.717) is 71.0 Å². The molecule has 0 spiro atoms. The third kappa shape index (κ3) is 17.2. The van der Waals surface area contributed by atoms with Crippen molar-refractivity contribution in [2.45, 2.75) is 84.3 Å². The molecule has 1 atom stereocenters. The third-order valence-corrected chi connectivity index (χ3v) is 6.80. The summed E-state index contributed by atoms with van der Waals surface area (Å²) in [6.07, 6.45) is 3.97. The van der Waals surface area contributed by atoms with Gasteiger partial charge in [-0.2, -0.15) is 8.42 Å². The van der Waals surface area contributed by atoms with Gasteiger partial charge in [0, 0.05) is 19.6 Å². The SMILES string of the molecule is CCCC(CCC)C(C(=O)O)(C(CCC)CCC)C(C(=O)O)S(=O)(=O)O.NCCO.NCCO.NCCO. The monoisotopic (exact) mass is 577 g/mol. The van der Waals surface area contributed by atoms with E-state index in [-0.39, 0.29) is 19.8 Å². The number of rotatable bonds is 17. The minimum atomic E-state index is -5.11. The van der Waals surface area contributed by atoms with Crippen molar-refractivity contribution < 1.29 is 48.1 Å². The highest BCUT2D eigenvalue weighted by Crippen LogP contribution is 2.50. The van der Waals surface area contributed by atoms with Gasteiger partial charge in [-0.25, -0.2) is 0 Å². The van der Waals surface area contributed by atoms with Gasteiger partial charge in [0.15, 0.2) is 5.25 Å². The average Bonchev–Trinajstić information content (AvgIpc) is 2.86. The molecule has 0 aromatic carbocycles. The smallest absolute Gasteiger partial charge is 0.325 e. The van der Waals surface area contributed by atoms with Crippen LogP contribution in [-0.2, 0) is 19.7 Å². The van der Waals surface area contributed by atoms with Crippen molar-refractivity contribution in [1.29, 1.82) is 0 Å². The molecule has 14 heteroatoms. The Hall–Kier alpha value is -1.39. The van der Waals surface area contributed by atoms with E-state index in [1.54, 1.807) is 0 Å². The molecule has 0 aliphatic carbocycles. The highest BCUT2D eigenvalue weighted by atomic mass is 32.2. The van der Waals surface area contributed by atoms with Crippen molar-refractivity contribution in [1.82, 2.24) is 0 Å². The molecule has 0 amide bonds. The molecule has 13 nitrogen and oxygen atoms in total. The summed E-state index contributed by atoms with van der Waals surface area (Å²) < 4.78 is 33.9. The number of carboxylic acid groups (broad SMARTS) is 2. The lowest BCUT2D eigenvalue weighted by Crippen LogP contribution is -2.59. The first-order valence-electron chi connectivity index (χ1n) is 13.1. The van der Waals surface area contributed by atoms with Crippen molar-refractivity contribution in [3.8, 4) is 0 Å². The van der Waals surface area contributed by atoms with Gasteiger partial charge in [-0.05, 0) is 37.5 Å². The van der Waals surface area contributed by atoms with E-state index in [4.69, 9.17) is 32.5 Å². The maximum Gasteiger partial charge on any atom is 0.325 e. The van der Waals surface area contributed by atoms with E-state index in [2.05, 4.69) is 0 Å². The number of aliphatic carboxylic acids is 2. The summed E-state index contributed by atoms with van der Waals surface area (Å²) in [5.41, 5.74) is 12.3. The number of carboxylic acids is 2. The van der Waals surface area contributed by atoms with Crippen LogP contribution in [0.5, 0.6) is 0 Å². The van der Waals surface area contributed by atoms with Gasteiger partial charge in [-0.1, -0.05) is 53.4 Å². The lowest BCUT2D eigenvalue weighted by Gasteiger charge is -2.45. The predicted molar refractivity (Wildman–Crippen MR) is 148 cm³/mol. The fourth-order valence-electron chi connectivity index (χ4n) is 4.44. The van der Waals surface area contributed by atoms with E-state index in [1.807, 2.05) is 27.7 Å². The number of carbonyl (C=O) groups is 2. The molecule has 0 aliphatic heterocycles. The molecule has 0 aliphatic rings. The summed E-state index contributed by atoms with van der Waals surface area (Å²) in [6, 6.07) is 0. The van der Waals surface area contributed by atoms with E-state index in [9.17, 15) is 32.8 Å². The second kappa shape index (κ2) is 27.2. The van der Waals surface area contributed by atoms with Gasteiger partial charge in [0.25, 0.3) is 10.1 Å². The average molecular weight is 578 g/mol. The van der Waals surface area contributed by atoms with E-state index < -0.39 is 44.6 Å². The summed E-state index contributed by atoms with van der Waals surface area (Å²) in [5.74, 6) is -4.55. The molecule has 0 heterocycles. The molecule has 0 saturated carbocycles. The van der Waals surface area contributed by atoms with Crippen LogP contribution in [0.1, 0.15) is 79.1 Å². The highest BCUT2D eigenvalue weighted by molar-refractivity contribution is 7.87. The molecular formula is C24H55N3O10S. The van der Waals surface area contributed by atoms with Crippen molar-refractivity contribution in [3.63, 3.8) is 0 Å². The van der Waals surface area contributed by atoms with Crippen molar-refractivity contribution in [2.24, 2.45) is 34.5 Å². The predicted octanol–water partition coefficient (Wildman–Crippen LogP) is 0.643. The molecule has 0 saturated heterocycles. The topological polar surface area (TPSA) is 268 Å². The summed E-state index contributed by atoms with van der Waals surface area (Å²) in [6.45, 7) is 8.83. The Labute approximate surface area is 228 Å². The maximum atomic E-state index is 12.6. The van der Waals surface area contributed by atoms with E-state index in [0.717, 1.165) is 0 Å². The van der Waals surface area contributed by atoms with Gasteiger partial charge in [0.2, 0.25) is 0 Å². The Morgan fingerprint density at radius 2 is 0.921 bits per heavy atom. The van der Waals surface area contributed by atoms with Crippen LogP contribution in [0.3, 0.4) is 0 Å². The number of hydrogen-bond donors (Lipinski definition) is 9. The first kappa shape index (κ1) is 43.7.